The van der Waals surface area contributed by atoms with E-state index >= 15 is 0 Å². The molecule has 0 aliphatic carbocycles. The Morgan fingerprint density at radius 1 is 1.07 bits per heavy atom. The molecule has 0 atom stereocenters. The van der Waals surface area contributed by atoms with Gasteiger partial charge in [-0.25, -0.2) is 4.79 Å². The van der Waals surface area contributed by atoms with Crippen LogP contribution in [-0.2, 0) is 4.74 Å². The van der Waals surface area contributed by atoms with Gasteiger partial charge >= 0.3 is 5.97 Å². The molecule has 0 unspecified atom stereocenters. The summed E-state index contributed by atoms with van der Waals surface area (Å²) < 4.78 is 10.5. The average Bonchev–Trinajstić information content (AvgIpc) is 2.73. The highest BCUT2D eigenvalue weighted by Gasteiger charge is 2.27. The first kappa shape index (κ1) is 18.7. The van der Waals surface area contributed by atoms with Crippen LogP contribution in [0, 0.1) is 0 Å². The zero-order valence-electron chi connectivity index (χ0n) is 15.6. The van der Waals surface area contributed by atoms with Crippen LogP contribution in [-0.4, -0.2) is 61.7 Å². The normalized spacial score (nSPS) is 14.0. The molecule has 7 heteroatoms. The lowest BCUT2D eigenvalue weighted by atomic mass is 10.1. The molecule has 1 aliphatic rings. The number of nitrogens with zero attached hydrogens (tertiary/aromatic N) is 3. The fourth-order valence-electron chi connectivity index (χ4n) is 3.15. The maximum absolute atomic E-state index is 12.9. The van der Waals surface area contributed by atoms with Crippen molar-refractivity contribution in [2.24, 2.45) is 0 Å². The third-order valence-corrected chi connectivity index (χ3v) is 4.49. The number of aromatic nitrogens is 1. The third kappa shape index (κ3) is 4.02. The van der Waals surface area contributed by atoms with E-state index in [1.807, 2.05) is 31.2 Å². The average molecular weight is 369 g/mol. The van der Waals surface area contributed by atoms with Gasteiger partial charge in [0.05, 0.1) is 25.0 Å². The maximum atomic E-state index is 12.9. The molecule has 0 bridgehead atoms. The van der Waals surface area contributed by atoms with Crippen LogP contribution in [0.25, 0.3) is 0 Å². The summed E-state index contributed by atoms with van der Waals surface area (Å²) in [6.07, 6.45) is 1.51. The Kier molecular flexibility index (Phi) is 5.90. The number of hydrogen-bond acceptors (Lipinski definition) is 6. The summed E-state index contributed by atoms with van der Waals surface area (Å²) in [5.41, 5.74) is 1.35. The Morgan fingerprint density at radius 2 is 1.81 bits per heavy atom. The highest BCUT2D eigenvalue weighted by Crippen LogP contribution is 2.29. The third-order valence-electron chi connectivity index (χ3n) is 4.49. The van der Waals surface area contributed by atoms with Gasteiger partial charge in [-0.2, -0.15) is 0 Å². The van der Waals surface area contributed by atoms with Crippen LogP contribution in [0.4, 0.5) is 5.69 Å². The van der Waals surface area contributed by atoms with Gasteiger partial charge < -0.3 is 19.3 Å². The SMILES string of the molecule is CCOc1ccccc1N1CCN(C(=O)c2ncccc2C(=O)OC)CC1. The fraction of sp³-hybridized carbons (Fsp3) is 0.350. The van der Waals surface area contributed by atoms with Crippen molar-refractivity contribution in [3.05, 3.63) is 53.9 Å². The molecule has 1 aromatic carbocycles. The van der Waals surface area contributed by atoms with Crippen molar-refractivity contribution in [1.82, 2.24) is 9.88 Å². The largest absolute Gasteiger partial charge is 0.492 e. The number of esters is 1. The highest BCUT2D eigenvalue weighted by atomic mass is 16.5. The predicted octanol–water partition coefficient (Wildman–Crippen LogP) is 2.23. The molecule has 1 fully saturated rings. The molecular formula is C20H23N3O4. The first-order valence-electron chi connectivity index (χ1n) is 8.95. The van der Waals surface area contributed by atoms with Gasteiger partial charge in [-0.15, -0.1) is 0 Å². The first-order valence-corrected chi connectivity index (χ1v) is 8.95. The number of benzene rings is 1. The van der Waals surface area contributed by atoms with Crippen LogP contribution in [0.5, 0.6) is 5.75 Å². The number of amides is 1. The molecule has 1 amide bonds. The summed E-state index contributed by atoms with van der Waals surface area (Å²) in [6, 6.07) is 11.1. The van der Waals surface area contributed by atoms with E-state index in [0.29, 0.717) is 32.8 Å². The van der Waals surface area contributed by atoms with Gasteiger partial charge in [0.1, 0.15) is 11.4 Å². The lowest BCUT2D eigenvalue weighted by molar-refractivity contribution is 0.0587. The molecule has 0 spiro atoms. The topological polar surface area (TPSA) is 72.0 Å². The number of hydrogen-bond donors (Lipinski definition) is 0. The maximum Gasteiger partial charge on any atom is 0.340 e. The van der Waals surface area contributed by atoms with Crippen LogP contribution >= 0.6 is 0 Å². The zero-order valence-corrected chi connectivity index (χ0v) is 15.6. The molecule has 2 heterocycles. The van der Waals surface area contributed by atoms with Gasteiger partial charge in [-0.05, 0) is 31.2 Å². The summed E-state index contributed by atoms with van der Waals surface area (Å²) >= 11 is 0. The molecule has 0 N–H and O–H groups in total. The molecule has 7 nitrogen and oxygen atoms in total. The number of para-hydroxylation sites is 2. The second kappa shape index (κ2) is 8.53. The minimum absolute atomic E-state index is 0.132. The first-order chi connectivity index (χ1) is 13.2. The van der Waals surface area contributed by atoms with E-state index in [-0.39, 0.29) is 17.2 Å². The molecule has 1 aromatic heterocycles. The zero-order chi connectivity index (χ0) is 19.2. The fourth-order valence-corrected chi connectivity index (χ4v) is 3.15. The number of methoxy groups -OCH3 is 1. The lowest BCUT2D eigenvalue weighted by Gasteiger charge is -2.36. The minimum atomic E-state index is -0.560. The Bertz CT molecular complexity index is 816. The smallest absolute Gasteiger partial charge is 0.340 e. The van der Waals surface area contributed by atoms with E-state index in [4.69, 9.17) is 9.47 Å². The van der Waals surface area contributed by atoms with E-state index in [9.17, 15) is 9.59 Å². The van der Waals surface area contributed by atoms with Crippen molar-refractivity contribution in [3.63, 3.8) is 0 Å². The summed E-state index contributed by atoms with van der Waals surface area (Å²) in [4.78, 5) is 32.8. The van der Waals surface area contributed by atoms with Gasteiger partial charge in [-0.1, -0.05) is 12.1 Å². The highest BCUT2D eigenvalue weighted by molar-refractivity contribution is 6.03. The molecule has 0 radical (unpaired) electrons. The number of pyridine rings is 1. The number of carbonyl (C=O) groups excluding carboxylic acids is 2. The molecule has 2 aromatic rings. The summed E-state index contributed by atoms with van der Waals surface area (Å²) in [5.74, 6) is 0.0296. The van der Waals surface area contributed by atoms with Crippen molar-refractivity contribution in [2.45, 2.75) is 6.92 Å². The van der Waals surface area contributed by atoms with E-state index in [1.165, 1.54) is 13.3 Å². The minimum Gasteiger partial charge on any atom is -0.492 e. The van der Waals surface area contributed by atoms with Crippen molar-refractivity contribution >= 4 is 17.6 Å². The second-order valence-electron chi connectivity index (χ2n) is 6.07. The number of piperazine rings is 1. The van der Waals surface area contributed by atoms with Crippen LogP contribution in [0.15, 0.2) is 42.6 Å². The van der Waals surface area contributed by atoms with Gasteiger partial charge in [0.2, 0.25) is 0 Å². The molecule has 142 valence electrons. The number of rotatable bonds is 5. The van der Waals surface area contributed by atoms with E-state index < -0.39 is 5.97 Å². The van der Waals surface area contributed by atoms with Crippen LogP contribution in [0.3, 0.4) is 0 Å². The predicted molar refractivity (Wildman–Crippen MR) is 101 cm³/mol. The van der Waals surface area contributed by atoms with Gasteiger partial charge in [0.25, 0.3) is 5.91 Å². The van der Waals surface area contributed by atoms with Gasteiger partial charge in [0, 0.05) is 32.4 Å². The Balaban J connectivity index is 1.72. The molecular weight excluding hydrogens is 346 g/mol. The molecule has 27 heavy (non-hydrogen) atoms. The molecule has 0 saturated carbocycles. The number of ether oxygens (including phenoxy) is 2. The van der Waals surface area contributed by atoms with E-state index in [1.54, 1.807) is 17.0 Å². The molecule has 1 saturated heterocycles. The summed E-state index contributed by atoms with van der Waals surface area (Å²) in [7, 11) is 1.29. The number of anilines is 1. The van der Waals surface area contributed by atoms with E-state index in [0.717, 1.165) is 11.4 Å². The van der Waals surface area contributed by atoms with Crippen molar-refractivity contribution in [2.75, 3.05) is 44.8 Å². The van der Waals surface area contributed by atoms with Crippen LogP contribution in [0.1, 0.15) is 27.8 Å². The quantitative estimate of drug-likeness (QED) is 0.753. The monoisotopic (exact) mass is 369 g/mol. The summed E-state index contributed by atoms with van der Waals surface area (Å²) in [5, 5.41) is 0. The van der Waals surface area contributed by atoms with Gasteiger partial charge in [-0.3, -0.25) is 9.78 Å². The van der Waals surface area contributed by atoms with Crippen molar-refractivity contribution in [3.8, 4) is 5.75 Å². The van der Waals surface area contributed by atoms with Gasteiger partial charge in [0.15, 0.2) is 0 Å². The Labute approximate surface area is 158 Å². The molecule has 1 aliphatic heterocycles. The van der Waals surface area contributed by atoms with Crippen LogP contribution in [0.2, 0.25) is 0 Å². The lowest BCUT2D eigenvalue weighted by Crippen LogP contribution is -2.49. The Morgan fingerprint density at radius 3 is 2.52 bits per heavy atom. The Hall–Kier alpha value is -3.09. The van der Waals surface area contributed by atoms with Crippen LogP contribution < -0.4 is 9.64 Å². The van der Waals surface area contributed by atoms with Crippen molar-refractivity contribution in [1.29, 1.82) is 0 Å². The molecule has 3 rings (SSSR count). The van der Waals surface area contributed by atoms with E-state index in [2.05, 4.69) is 9.88 Å². The number of carbonyl (C=O) groups is 2. The van der Waals surface area contributed by atoms with Crippen molar-refractivity contribution < 1.29 is 19.1 Å². The standard InChI is InChI=1S/C20H23N3O4/c1-3-27-17-9-5-4-8-16(17)22-11-13-23(14-12-22)19(24)18-15(20(25)26-2)7-6-10-21-18/h4-10H,3,11-14H2,1-2H3. The summed E-state index contributed by atoms with van der Waals surface area (Å²) in [6.45, 7) is 4.99. The second-order valence-corrected chi connectivity index (χ2v) is 6.07.